The van der Waals surface area contributed by atoms with E-state index in [9.17, 15) is 14.4 Å². The highest BCUT2D eigenvalue weighted by Crippen LogP contribution is 2.32. The fourth-order valence-corrected chi connectivity index (χ4v) is 4.57. The Bertz CT molecular complexity index is 951. The van der Waals surface area contributed by atoms with E-state index in [2.05, 4.69) is 5.32 Å². The number of fused-ring (bicyclic) bond motifs is 1. The van der Waals surface area contributed by atoms with Crippen LogP contribution in [0.5, 0.6) is 0 Å². The molecule has 1 N–H and O–H groups in total. The summed E-state index contributed by atoms with van der Waals surface area (Å²) >= 11 is 1.55. The first-order chi connectivity index (χ1) is 13.6. The Morgan fingerprint density at radius 1 is 1.00 bits per heavy atom. The maximum absolute atomic E-state index is 12.9. The zero-order chi connectivity index (χ0) is 19.7. The molecule has 6 heteroatoms. The van der Waals surface area contributed by atoms with Crippen LogP contribution in [0.1, 0.15) is 63.2 Å². The number of hydrogen-bond donors (Lipinski definition) is 1. The second-order valence-electron chi connectivity index (χ2n) is 7.19. The van der Waals surface area contributed by atoms with Crippen LogP contribution < -0.4 is 5.32 Å². The Balaban J connectivity index is 1.58. The van der Waals surface area contributed by atoms with E-state index < -0.39 is 0 Å². The van der Waals surface area contributed by atoms with Crippen LogP contribution in [-0.4, -0.2) is 34.9 Å². The average Bonchev–Trinajstić information content (AvgIpc) is 2.99. The molecule has 2 aliphatic rings. The minimum atomic E-state index is -0.291. The summed E-state index contributed by atoms with van der Waals surface area (Å²) in [6.45, 7) is 0. The SMILES string of the molecule is CSc1ccccc1NC(=O)c1ccc2c(c1)C(=O)N(C1CCCCC1)C2=O. The van der Waals surface area contributed by atoms with Gasteiger partial charge in [-0.25, -0.2) is 0 Å². The van der Waals surface area contributed by atoms with E-state index in [0.29, 0.717) is 16.7 Å². The number of hydrogen-bond acceptors (Lipinski definition) is 4. The van der Waals surface area contributed by atoms with Gasteiger partial charge in [0.05, 0.1) is 16.8 Å². The molecule has 1 aliphatic heterocycles. The van der Waals surface area contributed by atoms with E-state index in [1.807, 2.05) is 30.5 Å². The van der Waals surface area contributed by atoms with Gasteiger partial charge in [0.15, 0.2) is 0 Å². The summed E-state index contributed by atoms with van der Waals surface area (Å²) in [7, 11) is 0. The largest absolute Gasteiger partial charge is 0.321 e. The molecule has 1 aliphatic carbocycles. The van der Waals surface area contributed by atoms with Crippen LogP contribution in [0.4, 0.5) is 5.69 Å². The molecule has 1 heterocycles. The number of thioether (sulfide) groups is 1. The van der Waals surface area contributed by atoms with Crippen molar-refractivity contribution in [3.05, 3.63) is 59.2 Å². The molecular weight excluding hydrogens is 372 g/mol. The van der Waals surface area contributed by atoms with Crippen LogP contribution >= 0.6 is 11.8 Å². The molecule has 3 amide bonds. The molecule has 1 saturated carbocycles. The molecule has 0 bridgehead atoms. The van der Waals surface area contributed by atoms with Crippen LogP contribution in [0.3, 0.4) is 0 Å². The van der Waals surface area contributed by atoms with Crippen molar-refractivity contribution in [1.29, 1.82) is 0 Å². The van der Waals surface area contributed by atoms with Gasteiger partial charge in [0.1, 0.15) is 0 Å². The average molecular weight is 394 g/mol. The zero-order valence-electron chi connectivity index (χ0n) is 15.7. The molecule has 0 atom stereocenters. The third-order valence-electron chi connectivity index (χ3n) is 5.48. The fourth-order valence-electron chi connectivity index (χ4n) is 4.01. The van der Waals surface area contributed by atoms with E-state index >= 15 is 0 Å². The van der Waals surface area contributed by atoms with Crippen molar-refractivity contribution in [2.45, 2.75) is 43.0 Å². The highest BCUT2D eigenvalue weighted by molar-refractivity contribution is 7.98. The molecule has 1 fully saturated rings. The summed E-state index contributed by atoms with van der Waals surface area (Å²) < 4.78 is 0. The van der Waals surface area contributed by atoms with Gasteiger partial charge in [0, 0.05) is 16.5 Å². The molecule has 0 radical (unpaired) electrons. The Kier molecular flexibility index (Phi) is 5.22. The number of para-hydroxylation sites is 1. The van der Waals surface area contributed by atoms with Crippen LogP contribution in [-0.2, 0) is 0 Å². The van der Waals surface area contributed by atoms with Gasteiger partial charge in [-0.05, 0) is 49.4 Å². The standard InChI is InChI=1S/C22H22N2O3S/c1-28-19-10-6-5-9-18(19)23-20(25)14-11-12-16-17(13-14)22(27)24(21(16)26)15-7-3-2-4-8-15/h5-6,9-13,15H,2-4,7-8H2,1H3,(H,23,25). The van der Waals surface area contributed by atoms with Gasteiger partial charge in [-0.3, -0.25) is 19.3 Å². The van der Waals surface area contributed by atoms with Crippen LogP contribution in [0.25, 0.3) is 0 Å². The van der Waals surface area contributed by atoms with Crippen LogP contribution in [0.2, 0.25) is 0 Å². The van der Waals surface area contributed by atoms with Crippen molar-refractivity contribution in [2.75, 3.05) is 11.6 Å². The number of benzene rings is 2. The van der Waals surface area contributed by atoms with E-state index in [1.165, 1.54) is 4.90 Å². The van der Waals surface area contributed by atoms with Gasteiger partial charge in [0.2, 0.25) is 0 Å². The van der Waals surface area contributed by atoms with Crippen molar-refractivity contribution in [3.8, 4) is 0 Å². The molecule has 2 aromatic rings. The van der Waals surface area contributed by atoms with Crippen LogP contribution in [0, 0.1) is 0 Å². The third-order valence-corrected chi connectivity index (χ3v) is 6.27. The normalized spacial score (nSPS) is 17.0. The molecule has 0 aromatic heterocycles. The number of nitrogens with zero attached hydrogens (tertiary/aromatic N) is 1. The minimum absolute atomic E-state index is 0.0214. The van der Waals surface area contributed by atoms with Gasteiger partial charge in [-0.15, -0.1) is 11.8 Å². The summed E-state index contributed by atoms with van der Waals surface area (Å²) in [5, 5.41) is 2.90. The Hall–Kier alpha value is -2.60. The Morgan fingerprint density at radius 3 is 2.46 bits per heavy atom. The predicted molar refractivity (Wildman–Crippen MR) is 110 cm³/mol. The van der Waals surface area contributed by atoms with Gasteiger partial charge >= 0.3 is 0 Å². The number of carbonyl (C=O) groups is 3. The van der Waals surface area contributed by atoms with E-state index in [0.717, 1.165) is 42.7 Å². The van der Waals surface area contributed by atoms with Crippen molar-refractivity contribution in [2.24, 2.45) is 0 Å². The third kappa shape index (κ3) is 3.33. The van der Waals surface area contributed by atoms with Gasteiger partial charge in [0.25, 0.3) is 17.7 Å². The lowest BCUT2D eigenvalue weighted by molar-refractivity contribution is 0.0549. The highest BCUT2D eigenvalue weighted by Gasteiger charge is 2.40. The lowest BCUT2D eigenvalue weighted by Gasteiger charge is -2.29. The lowest BCUT2D eigenvalue weighted by Crippen LogP contribution is -2.40. The first-order valence-electron chi connectivity index (χ1n) is 9.56. The van der Waals surface area contributed by atoms with Crippen LogP contribution in [0.15, 0.2) is 47.4 Å². The second-order valence-corrected chi connectivity index (χ2v) is 8.03. The summed E-state index contributed by atoms with van der Waals surface area (Å²) in [4.78, 5) is 40.8. The number of carbonyl (C=O) groups excluding carboxylic acids is 3. The molecule has 144 valence electrons. The maximum Gasteiger partial charge on any atom is 0.261 e. The first-order valence-corrected chi connectivity index (χ1v) is 10.8. The predicted octanol–water partition coefficient (Wildman–Crippen LogP) is 4.59. The molecular formula is C22H22N2O3S. The van der Waals surface area contributed by atoms with Crippen molar-refractivity contribution in [3.63, 3.8) is 0 Å². The molecule has 5 nitrogen and oxygen atoms in total. The number of anilines is 1. The van der Waals surface area contributed by atoms with Gasteiger partial charge < -0.3 is 5.32 Å². The maximum atomic E-state index is 12.9. The quantitative estimate of drug-likeness (QED) is 0.608. The van der Waals surface area contributed by atoms with Gasteiger partial charge in [-0.2, -0.15) is 0 Å². The van der Waals surface area contributed by atoms with E-state index in [4.69, 9.17) is 0 Å². The van der Waals surface area contributed by atoms with Crippen molar-refractivity contribution < 1.29 is 14.4 Å². The Labute approximate surface area is 168 Å². The topological polar surface area (TPSA) is 66.5 Å². The molecule has 28 heavy (non-hydrogen) atoms. The smallest absolute Gasteiger partial charge is 0.261 e. The van der Waals surface area contributed by atoms with E-state index in [1.54, 1.807) is 30.0 Å². The molecule has 2 aromatic carbocycles. The zero-order valence-corrected chi connectivity index (χ0v) is 16.6. The Morgan fingerprint density at radius 2 is 1.71 bits per heavy atom. The van der Waals surface area contributed by atoms with Crippen molar-refractivity contribution in [1.82, 2.24) is 4.90 Å². The summed E-state index contributed by atoms with van der Waals surface area (Å²) in [6, 6.07) is 12.3. The summed E-state index contributed by atoms with van der Waals surface area (Å²) in [6.07, 6.45) is 6.92. The van der Waals surface area contributed by atoms with E-state index in [-0.39, 0.29) is 23.8 Å². The highest BCUT2D eigenvalue weighted by atomic mass is 32.2. The summed E-state index contributed by atoms with van der Waals surface area (Å²) in [5.74, 6) is -0.793. The summed E-state index contributed by atoms with van der Waals surface area (Å²) in [5.41, 5.74) is 1.84. The molecule has 0 spiro atoms. The minimum Gasteiger partial charge on any atom is -0.321 e. The number of rotatable bonds is 4. The second kappa shape index (κ2) is 7.80. The number of amides is 3. The first kappa shape index (κ1) is 18.7. The fraction of sp³-hybridized carbons (Fsp3) is 0.318. The molecule has 0 saturated heterocycles. The number of nitrogens with one attached hydrogen (secondary N) is 1. The van der Waals surface area contributed by atoms with Gasteiger partial charge in [-0.1, -0.05) is 31.4 Å². The monoisotopic (exact) mass is 394 g/mol. The molecule has 0 unspecified atom stereocenters. The number of imide groups is 1. The van der Waals surface area contributed by atoms with Crippen molar-refractivity contribution >= 4 is 35.2 Å². The lowest BCUT2D eigenvalue weighted by atomic mass is 9.94. The molecule has 4 rings (SSSR count).